The molecule has 1 aromatic heterocycles. The van der Waals surface area contributed by atoms with Crippen LogP contribution < -0.4 is 9.47 Å². The predicted octanol–water partition coefficient (Wildman–Crippen LogP) is 0.831. The van der Waals surface area contributed by atoms with Gasteiger partial charge in [-0.25, -0.2) is 0 Å². The minimum atomic E-state index is -0.664. The van der Waals surface area contributed by atoms with Crippen molar-refractivity contribution >= 4 is 11.8 Å². The van der Waals surface area contributed by atoms with E-state index in [1.807, 2.05) is 23.1 Å². The number of hydrogen-bond acceptors (Lipinski definition) is 9. The zero-order valence-electron chi connectivity index (χ0n) is 19.5. The van der Waals surface area contributed by atoms with Gasteiger partial charge in [-0.1, -0.05) is 17.3 Å². The summed E-state index contributed by atoms with van der Waals surface area (Å²) in [6.07, 6.45) is 1.25. The van der Waals surface area contributed by atoms with Gasteiger partial charge < -0.3 is 28.5 Å². The van der Waals surface area contributed by atoms with Crippen LogP contribution in [0.5, 0.6) is 11.5 Å². The molecule has 2 unspecified atom stereocenters. The summed E-state index contributed by atoms with van der Waals surface area (Å²) in [5, 5.41) is 4.09. The van der Waals surface area contributed by atoms with Crippen LogP contribution in [-0.2, 0) is 14.3 Å². The molecule has 35 heavy (non-hydrogen) atoms. The lowest BCUT2D eigenvalue weighted by Gasteiger charge is -2.38. The second kappa shape index (κ2) is 9.46. The zero-order chi connectivity index (χ0) is 23.8. The molecule has 4 aliphatic rings. The fourth-order valence-corrected chi connectivity index (χ4v) is 4.69. The van der Waals surface area contributed by atoms with E-state index in [-0.39, 0.29) is 24.5 Å². The summed E-state index contributed by atoms with van der Waals surface area (Å²) in [6.45, 7) is 4.18. The number of fused-ring (bicyclic) bond motifs is 1. The van der Waals surface area contributed by atoms with Crippen molar-refractivity contribution in [2.24, 2.45) is 0 Å². The lowest BCUT2D eigenvalue weighted by molar-refractivity contribution is -0.147. The summed E-state index contributed by atoms with van der Waals surface area (Å²) in [4.78, 5) is 36.1. The fourth-order valence-electron chi connectivity index (χ4n) is 4.69. The van der Waals surface area contributed by atoms with Crippen LogP contribution in [0.1, 0.15) is 36.6 Å². The van der Waals surface area contributed by atoms with Crippen molar-refractivity contribution in [3.63, 3.8) is 0 Å². The summed E-state index contributed by atoms with van der Waals surface area (Å²) >= 11 is 0. The number of aromatic nitrogens is 2. The van der Waals surface area contributed by atoms with Gasteiger partial charge in [0.1, 0.15) is 12.7 Å². The summed E-state index contributed by atoms with van der Waals surface area (Å²) < 4.78 is 22.7. The van der Waals surface area contributed by atoms with Gasteiger partial charge in [0.05, 0.1) is 13.2 Å². The lowest BCUT2D eigenvalue weighted by atomic mass is 10.2. The van der Waals surface area contributed by atoms with Gasteiger partial charge in [0.25, 0.3) is 5.91 Å². The molecule has 3 aliphatic heterocycles. The summed E-state index contributed by atoms with van der Waals surface area (Å²) in [6, 6.07) is 7.34. The average molecular weight is 484 g/mol. The highest BCUT2D eigenvalue weighted by molar-refractivity contribution is 5.83. The van der Waals surface area contributed by atoms with Gasteiger partial charge in [-0.2, -0.15) is 4.98 Å². The summed E-state index contributed by atoms with van der Waals surface area (Å²) in [7, 11) is 0. The van der Waals surface area contributed by atoms with Crippen LogP contribution in [0.15, 0.2) is 28.8 Å². The highest BCUT2D eigenvalue weighted by Crippen LogP contribution is 2.39. The fraction of sp³-hybridized carbons (Fsp3) is 0.583. The van der Waals surface area contributed by atoms with Crippen LogP contribution in [0, 0.1) is 0 Å². The van der Waals surface area contributed by atoms with E-state index in [0.29, 0.717) is 81.6 Å². The Hall–Kier alpha value is -3.18. The number of benzene rings is 1. The quantitative estimate of drug-likeness (QED) is 0.611. The van der Waals surface area contributed by atoms with E-state index in [1.54, 1.807) is 11.0 Å². The van der Waals surface area contributed by atoms with Crippen molar-refractivity contribution in [1.29, 1.82) is 0 Å². The van der Waals surface area contributed by atoms with E-state index in [4.69, 9.17) is 18.7 Å². The van der Waals surface area contributed by atoms with Gasteiger partial charge in [0, 0.05) is 45.2 Å². The topological polar surface area (TPSA) is 110 Å². The third-order valence-corrected chi connectivity index (χ3v) is 6.91. The van der Waals surface area contributed by atoms with Crippen molar-refractivity contribution in [1.82, 2.24) is 24.8 Å². The Labute approximate surface area is 202 Å². The minimum Gasteiger partial charge on any atom is -0.485 e. The SMILES string of the molecule is O=C(CN1CCOC(c2noc(C3CC3)n2)C1)N1CCN(C(=O)C2COc3ccccc3O2)CC1. The van der Waals surface area contributed by atoms with Gasteiger partial charge in [-0.3, -0.25) is 14.5 Å². The first-order valence-electron chi connectivity index (χ1n) is 12.3. The van der Waals surface area contributed by atoms with Crippen LogP contribution in [0.3, 0.4) is 0 Å². The first-order chi connectivity index (χ1) is 17.1. The van der Waals surface area contributed by atoms with Crippen LogP contribution in [-0.4, -0.2) is 102 Å². The van der Waals surface area contributed by atoms with Crippen molar-refractivity contribution < 1.29 is 28.3 Å². The number of carbonyl (C=O) groups excluding carboxylic acids is 2. The number of para-hydroxylation sites is 2. The Morgan fingerprint density at radius 2 is 1.77 bits per heavy atom. The molecule has 0 radical (unpaired) electrons. The van der Waals surface area contributed by atoms with Crippen molar-refractivity contribution in [3.05, 3.63) is 36.0 Å². The maximum absolute atomic E-state index is 13.0. The van der Waals surface area contributed by atoms with Crippen LogP contribution in [0.2, 0.25) is 0 Å². The number of rotatable bonds is 5. The van der Waals surface area contributed by atoms with Crippen LogP contribution in [0.4, 0.5) is 0 Å². The van der Waals surface area contributed by atoms with Crippen LogP contribution in [0.25, 0.3) is 0 Å². The van der Waals surface area contributed by atoms with Crippen molar-refractivity contribution in [2.45, 2.75) is 31.0 Å². The molecule has 4 heterocycles. The maximum Gasteiger partial charge on any atom is 0.267 e. The highest BCUT2D eigenvalue weighted by atomic mass is 16.6. The largest absolute Gasteiger partial charge is 0.485 e. The number of amides is 2. The first kappa shape index (κ1) is 22.3. The Kier molecular flexibility index (Phi) is 6.03. The highest BCUT2D eigenvalue weighted by Gasteiger charge is 2.35. The van der Waals surface area contributed by atoms with Gasteiger partial charge in [-0.05, 0) is 25.0 Å². The van der Waals surface area contributed by atoms with E-state index in [2.05, 4.69) is 15.0 Å². The molecular weight excluding hydrogens is 454 g/mol. The van der Waals surface area contributed by atoms with Gasteiger partial charge >= 0.3 is 0 Å². The van der Waals surface area contributed by atoms with Crippen molar-refractivity contribution in [3.8, 4) is 11.5 Å². The average Bonchev–Trinajstić information content (AvgIpc) is 3.64. The molecular formula is C24H29N5O6. The van der Waals surface area contributed by atoms with E-state index >= 15 is 0 Å². The second-order valence-corrected chi connectivity index (χ2v) is 9.43. The molecule has 2 atom stereocenters. The monoisotopic (exact) mass is 483 g/mol. The summed E-state index contributed by atoms with van der Waals surface area (Å²) in [5.41, 5.74) is 0. The van der Waals surface area contributed by atoms with Crippen molar-refractivity contribution in [2.75, 3.05) is 59.0 Å². The minimum absolute atomic E-state index is 0.0516. The molecule has 2 aromatic rings. The molecule has 1 aromatic carbocycles. The molecule has 2 saturated heterocycles. The Morgan fingerprint density at radius 1 is 1.00 bits per heavy atom. The van der Waals surface area contributed by atoms with Gasteiger partial charge in [-0.15, -0.1) is 0 Å². The Bertz CT molecular complexity index is 1080. The molecule has 1 aliphatic carbocycles. The number of carbonyl (C=O) groups is 2. The number of hydrogen-bond donors (Lipinski definition) is 0. The standard InChI is InChI=1S/C24H29N5O6/c30-21(14-27-11-12-32-19(13-27)22-25-23(35-26-22)16-5-6-16)28-7-9-29(10-8-28)24(31)20-15-33-17-3-1-2-4-18(17)34-20/h1-4,16,19-20H,5-15H2. The molecule has 11 heteroatoms. The molecule has 0 spiro atoms. The number of piperazine rings is 1. The normalized spacial score (nSPS) is 24.9. The van der Waals surface area contributed by atoms with E-state index in [0.717, 1.165) is 12.8 Å². The molecule has 0 N–H and O–H groups in total. The van der Waals surface area contributed by atoms with Crippen LogP contribution >= 0.6 is 0 Å². The predicted molar refractivity (Wildman–Crippen MR) is 121 cm³/mol. The Balaban J connectivity index is 0.979. The van der Waals surface area contributed by atoms with E-state index in [1.165, 1.54) is 0 Å². The third-order valence-electron chi connectivity index (χ3n) is 6.91. The molecule has 2 amide bonds. The molecule has 186 valence electrons. The van der Waals surface area contributed by atoms with Gasteiger partial charge in [0.2, 0.25) is 23.7 Å². The smallest absolute Gasteiger partial charge is 0.267 e. The third kappa shape index (κ3) is 4.83. The second-order valence-electron chi connectivity index (χ2n) is 9.43. The Morgan fingerprint density at radius 3 is 2.57 bits per heavy atom. The van der Waals surface area contributed by atoms with Gasteiger partial charge in [0.15, 0.2) is 11.5 Å². The van der Waals surface area contributed by atoms with E-state index in [9.17, 15) is 9.59 Å². The van der Waals surface area contributed by atoms with E-state index < -0.39 is 6.10 Å². The molecule has 11 nitrogen and oxygen atoms in total. The molecule has 3 fully saturated rings. The molecule has 0 bridgehead atoms. The molecule has 6 rings (SSSR count). The number of ether oxygens (including phenoxy) is 3. The molecule has 1 saturated carbocycles. The lowest BCUT2D eigenvalue weighted by Crippen LogP contribution is -2.56. The number of nitrogens with zero attached hydrogens (tertiary/aromatic N) is 5. The maximum atomic E-state index is 13.0. The zero-order valence-corrected chi connectivity index (χ0v) is 19.5. The summed E-state index contributed by atoms with van der Waals surface area (Å²) in [5.74, 6) is 2.84. The first-order valence-corrected chi connectivity index (χ1v) is 12.3. The number of morpholine rings is 1.